The van der Waals surface area contributed by atoms with E-state index in [0.29, 0.717) is 12.1 Å². The molecule has 6 heteroatoms. The Bertz CT molecular complexity index is 348. The van der Waals surface area contributed by atoms with Crippen LogP contribution in [0.2, 0.25) is 5.02 Å². The lowest BCUT2D eigenvalue weighted by molar-refractivity contribution is -0.140. The molecule has 0 aliphatic carbocycles. The van der Waals surface area contributed by atoms with E-state index in [1.54, 1.807) is 0 Å². The summed E-state index contributed by atoms with van der Waals surface area (Å²) in [5.74, 6) is -1.44. The normalized spacial score (nSPS) is 11.9. The molecule has 1 N–H and O–H groups in total. The fourth-order valence-electron chi connectivity index (χ4n) is 0.932. The first-order chi connectivity index (χ1) is 6.36. The van der Waals surface area contributed by atoms with Gasteiger partial charge in [-0.05, 0) is 17.7 Å². The van der Waals surface area contributed by atoms with Crippen LogP contribution in [-0.4, -0.2) is 5.11 Å². The molecule has 0 aliphatic rings. The molecule has 0 heterocycles. The molecule has 0 bridgehead atoms. The summed E-state index contributed by atoms with van der Waals surface area (Å²) in [7, 11) is 0. The topological polar surface area (TPSA) is 20.2 Å². The molecule has 78 valence electrons. The summed E-state index contributed by atoms with van der Waals surface area (Å²) >= 11 is 5.38. The molecule has 1 rings (SSSR count). The second kappa shape index (κ2) is 3.74. The Morgan fingerprint density at radius 3 is 2.29 bits per heavy atom. The van der Waals surface area contributed by atoms with Crippen molar-refractivity contribution in [2.45, 2.75) is 12.8 Å². The van der Waals surface area contributed by atoms with E-state index in [9.17, 15) is 17.6 Å². The number of benzene rings is 1. The van der Waals surface area contributed by atoms with Crippen LogP contribution < -0.4 is 0 Å². The van der Waals surface area contributed by atoms with Crippen LogP contribution in [0.1, 0.15) is 11.1 Å². The largest absolute Gasteiger partial charge is 0.419 e. The fraction of sp³-hybridized carbons (Fsp3) is 0.250. The number of halogens is 5. The van der Waals surface area contributed by atoms with E-state index in [4.69, 9.17) is 16.7 Å². The van der Waals surface area contributed by atoms with Crippen molar-refractivity contribution < 1.29 is 22.7 Å². The average Bonchev–Trinajstić information content (AvgIpc) is 2.02. The summed E-state index contributed by atoms with van der Waals surface area (Å²) in [5, 5.41) is 8.40. The van der Waals surface area contributed by atoms with Crippen molar-refractivity contribution >= 4 is 11.6 Å². The molecule has 0 saturated heterocycles. The van der Waals surface area contributed by atoms with Gasteiger partial charge in [-0.1, -0.05) is 11.6 Å². The van der Waals surface area contributed by atoms with Gasteiger partial charge in [-0.2, -0.15) is 13.2 Å². The smallest absolute Gasteiger partial charge is 0.392 e. The van der Waals surface area contributed by atoms with Gasteiger partial charge in [0.05, 0.1) is 12.2 Å². The van der Waals surface area contributed by atoms with Crippen molar-refractivity contribution in [1.82, 2.24) is 0 Å². The number of hydrogen-bond acceptors (Lipinski definition) is 1. The highest BCUT2D eigenvalue weighted by molar-refractivity contribution is 6.31. The van der Waals surface area contributed by atoms with Crippen molar-refractivity contribution in [2.75, 3.05) is 0 Å². The van der Waals surface area contributed by atoms with Crippen LogP contribution in [0.3, 0.4) is 0 Å². The zero-order valence-corrected chi connectivity index (χ0v) is 7.45. The minimum Gasteiger partial charge on any atom is -0.392 e. The zero-order valence-electron chi connectivity index (χ0n) is 6.70. The lowest BCUT2D eigenvalue weighted by Crippen LogP contribution is -2.09. The molecular formula is C8H5ClF4O. The van der Waals surface area contributed by atoms with Gasteiger partial charge in [-0.25, -0.2) is 4.39 Å². The predicted octanol–water partition coefficient (Wildman–Crippen LogP) is 2.99. The summed E-state index contributed by atoms with van der Waals surface area (Å²) in [6, 6.07) is 1.04. The van der Waals surface area contributed by atoms with E-state index < -0.39 is 24.2 Å². The fourth-order valence-corrected chi connectivity index (χ4v) is 1.14. The van der Waals surface area contributed by atoms with Gasteiger partial charge >= 0.3 is 6.18 Å². The molecule has 1 aromatic rings. The van der Waals surface area contributed by atoms with Gasteiger partial charge in [0, 0.05) is 5.02 Å². The van der Waals surface area contributed by atoms with Crippen molar-refractivity contribution in [3.8, 4) is 0 Å². The maximum absolute atomic E-state index is 12.8. The molecule has 0 amide bonds. The molecule has 0 aromatic heterocycles. The molecule has 0 aliphatic heterocycles. The third kappa shape index (κ3) is 2.16. The molecule has 14 heavy (non-hydrogen) atoms. The van der Waals surface area contributed by atoms with Gasteiger partial charge in [0.15, 0.2) is 0 Å². The van der Waals surface area contributed by atoms with Gasteiger partial charge in [0.1, 0.15) is 5.82 Å². The van der Waals surface area contributed by atoms with Crippen LogP contribution >= 0.6 is 11.6 Å². The van der Waals surface area contributed by atoms with Crippen LogP contribution in [0.25, 0.3) is 0 Å². The van der Waals surface area contributed by atoms with Crippen LogP contribution in [0.5, 0.6) is 0 Å². The van der Waals surface area contributed by atoms with E-state index in [0.717, 1.165) is 0 Å². The summed E-state index contributed by atoms with van der Waals surface area (Å²) < 4.78 is 49.2. The molecule has 0 saturated carbocycles. The van der Waals surface area contributed by atoms with Gasteiger partial charge in [-0.15, -0.1) is 0 Å². The quantitative estimate of drug-likeness (QED) is 0.733. The Morgan fingerprint density at radius 2 is 1.86 bits per heavy atom. The van der Waals surface area contributed by atoms with Crippen LogP contribution in [0.4, 0.5) is 17.6 Å². The Balaban J connectivity index is 3.32. The summed E-state index contributed by atoms with van der Waals surface area (Å²) in [6.45, 7) is -0.664. The first kappa shape index (κ1) is 11.3. The lowest BCUT2D eigenvalue weighted by Gasteiger charge is -2.10. The SMILES string of the molecule is OCc1cc(C(F)(F)F)c(F)cc1Cl. The van der Waals surface area contributed by atoms with E-state index in [2.05, 4.69) is 0 Å². The van der Waals surface area contributed by atoms with E-state index >= 15 is 0 Å². The molecule has 0 radical (unpaired) electrons. The summed E-state index contributed by atoms with van der Waals surface area (Å²) in [5.41, 5.74) is -1.58. The Labute approximate surface area is 81.9 Å². The van der Waals surface area contributed by atoms with Crippen molar-refractivity contribution in [2.24, 2.45) is 0 Å². The second-order valence-corrected chi connectivity index (χ2v) is 2.99. The number of rotatable bonds is 1. The molecule has 0 unspecified atom stereocenters. The van der Waals surface area contributed by atoms with Gasteiger partial charge in [0.2, 0.25) is 0 Å². The molecule has 1 aromatic carbocycles. The van der Waals surface area contributed by atoms with Crippen molar-refractivity contribution in [1.29, 1.82) is 0 Å². The highest BCUT2D eigenvalue weighted by Gasteiger charge is 2.34. The number of aliphatic hydroxyl groups excluding tert-OH is 1. The van der Waals surface area contributed by atoms with Gasteiger partial charge in [-0.3, -0.25) is 0 Å². The number of alkyl halides is 3. The molecule has 1 nitrogen and oxygen atoms in total. The van der Waals surface area contributed by atoms with Gasteiger partial charge in [0.25, 0.3) is 0 Å². The van der Waals surface area contributed by atoms with Crippen LogP contribution in [-0.2, 0) is 12.8 Å². The molecular weight excluding hydrogens is 224 g/mol. The Morgan fingerprint density at radius 1 is 1.29 bits per heavy atom. The van der Waals surface area contributed by atoms with Crippen LogP contribution in [0.15, 0.2) is 12.1 Å². The Kier molecular flexibility index (Phi) is 3.01. The first-order valence-electron chi connectivity index (χ1n) is 3.52. The number of hydrogen-bond donors (Lipinski definition) is 1. The van der Waals surface area contributed by atoms with E-state index in [1.165, 1.54) is 0 Å². The molecule has 0 fully saturated rings. The average molecular weight is 229 g/mol. The number of aliphatic hydroxyl groups is 1. The highest BCUT2D eigenvalue weighted by atomic mass is 35.5. The minimum atomic E-state index is -4.78. The molecule has 0 atom stereocenters. The van der Waals surface area contributed by atoms with E-state index in [1.807, 2.05) is 0 Å². The second-order valence-electron chi connectivity index (χ2n) is 2.58. The summed E-state index contributed by atoms with van der Waals surface area (Å²) in [4.78, 5) is 0. The zero-order chi connectivity index (χ0) is 10.9. The first-order valence-corrected chi connectivity index (χ1v) is 3.90. The maximum Gasteiger partial charge on any atom is 0.419 e. The predicted molar refractivity (Wildman–Crippen MR) is 42.3 cm³/mol. The van der Waals surface area contributed by atoms with Gasteiger partial charge < -0.3 is 5.11 Å². The van der Waals surface area contributed by atoms with Crippen LogP contribution in [0, 0.1) is 5.82 Å². The molecule has 0 spiro atoms. The standard InChI is InChI=1S/C8H5ClF4O/c9-6-2-7(10)5(8(11,12)13)1-4(6)3-14/h1-2,14H,3H2. The summed E-state index contributed by atoms with van der Waals surface area (Å²) in [6.07, 6.45) is -4.78. The maximum atomic E-state index is 12.8. The highest BCUT2D eigenvalue weighted by Crippen LogP contribution is 2.34. The Hall–Kier alpha value is -0.810. The third-order valence-electron chi connectivity index (χ3n) is 1.61. The lowest BCUT2D eigenvalue weighted by atomic mass is 10.1. The van der Waals surface area contributed by atoms with Crippen molar-refractivity contribution in [3.05, 3.63) is 34.1 Å². The third-order valence-corrected chi connectivity index (χ3v) is 1.96. The monoisotopic (exact) mass is 228 g/mol. The van der Waals surface area contributed by atoms with Crippen molar-refractivity contribution in [3.63, 3.8) is 0 Å². The van der Waals surface area contributed by atoms with E-state index in [-0.39, 0.29) is 10.6 Å². The minimum absolute atomic E-state index is 0.152.